The van der Waals surface area contributed by atoms with Crippen LogP contribution in [0, 0.1) is 0 Å². The van der Waals surface area contributed by atoms with Gasteiger partial charge in [-0.2, -0.15) is 4.39 Å². The van der Waals surface area contributed by atoms with Gasteiger partial charge in [-0.1, -0.05) is 12.2 Å². The maximum atomic E-state index is 12.2. The van der Waals surface area contributed by atoms with Crippen LogP contribution in [0.25, 0.3) is 0 Å². The van der Waals surface area contributed by atoms with Crippen LogP contribution in [0.2, 0.25) is 0 Å². The number of rotatable bonds is 4. The summed E-state index contributed by atoms with van der Waals surface area (Å²) in [6.07, 6.45) is 3.73. The van der Waals surface area contributed by atoms with Gasteiger partial charge >= 0.3 is 6.04 Å². The smallest absolute Gasteiger partial charge is 0.332 e. The van der Waals surface area contributed by atoms with Gasteiger partial charge < -0.3 is 4.74 Å². The van der Waals surface area contributed by atoms with Crippen molar-refractivity contribution in [3.63, 3.8) is 0 Å². The summed E-state index contributed by atoms with van der Waals surface area (Å²) in [5, 5.41) is 0. The highest BCUT2D eigenvalue weighted by Gasteiger charge is 2.02. The van der Waals surface area contributed by atoms with Crippen LogP contribution in [-0.4, -0.2) is 12.6 Å². The molecule has 0 saturated heterocycles. The molecule has 0 atom stereocenters. The van der Waals surface area contributed by atoms with Crippen molar-refractivity contribution in [2.75, 3.05) is 6.61 Å². The summed E-state index contributed by atoms with van der Waals surface area (Å²) in [5.74, 6) is 0.619. The number of ether oxygens (including phenoxy) is 1. The minimum atomic E-state index is -1.43. The van der Waals surface area contributed by atoms with Gasteiger partial charge in [0.15, 0.2) is 0 Å². The van der Waals surface area contributed by atoms with E-state index in [1.165, 1.54) is 12.1 Å². The van der Waals surface area contributed by atoms with Gasteiger partial charge in [0.2, 0.25) is 0 Å². The number of hydrogen-bond donors (Lipinski definition) is 0. The molecule has 2 nitrogen and oxygen atoms in total. The summed E-state index contributed by atoms with van der Waals surface area (Å²) in [6, 6.07) is 4.50. The molecule has 0 heterocycles. The van der Waals surface area contributed by atoms with Gasteiger partial charge in [-0.05, 0) is 31.2 Å². The number of carbonyl (C=O) groups is 1. The van der Waals surface area contributed by atoms with Crippen LogP contribution in [0.15, 0.2) is 36.4 Å². The van der Waals surface area contributed by atoms with E-state index >= 15 is 0 Å². The highest BCUT2D eigenvalue weighted by atomic mass is 19.1. The predicted octanol–water partition coefficient (Wildman–Crippen LogP) is 2.75. The molecule has 0 fully saturated rings. The van der Waals surface area contributed by atoms with Crippen LogP contribution in [-0.2, 0) is 0 Å². The van der Waals surface area contributed by atoms with Crippen LogP contribution < -0.4 is 4.74 Å². The molecule has 0 aliphatic heterocycles. The SMILES string of the molecule is C/C=C\COc1ccc(C(=O)F)cc1. The monoisotopic (exact) mass is 194 g/mol. The Kier molecular flexibility index (Phi) is 3.85. The van der Waals surface area contributed by atoms with Crippen molar-refractivity contribution >= 4 is 6.04 Å². The van der Waals surface area contributed by atoms with Crippen molar-refractivity contribution in [1.29, 1.82) is 0 Å². The molecule has 0 N–H and O–H groups in total. The Morgan fingerprint density at radius 1 is 1.43 bits per heavy atom. The molecule has 14 heavy (non-hydrogen) atoms. The molecule has 0 saturated carbocycles. The molecule has 0 bridgehead atoms. The van der Waals surface area contributed by atoms with Crippen LogP contribution >= 0.6 is 0 Å². The van der Waals surface area contributed by atoms with E-state index in [4.69, 9.17) is 4.74 Å². The van der Waals surface area contributed by atoms with Crippen molar-refractivity contribution in [3.8, 4) is 5.75 Å². The molecule has 1 aromatic rings. The Labute approximate surface area is 82.0 Å². The van der Waals surface area contributed by atoms with Crippen LogP contribution in [0.5, 0.6) is 5.75 Å². The molecule has 0 aliphatic rings. The second kappa shape index (κ2) is 5.17. The van der Waals surface area contributed by atoms with E-state index in [0.717, 1.165) is 0 Å². The lowest BCUT2D eigenvalue weighted by atomic mass is 10.2. The van der Waals surface area contributed by atoms with Gasteiger partial charge in [0.05, 0.1) is 5.56 Å². The molecular formula is C11H11FO2. The molecule has 3 heteroatoms. The number of benzene rings is 1. The maximum Gasteiger partial charge on any atom is 0.332 e. The summed E-state index contributed by atoms with van der Waals surface area (Å²) >= 11 is 0. The van der Waals surface area contributed by atoms with E-state index < -0.39 is 6.04 Å². The Balaban J connectivity index is 2.59. The van der Waals surface area contributed by atoms with Gasteiger partial charge in [-0.3, -0.25) is 4.79 Å². The fraction of sp³-hybridized carbons (Fsp3) is 0.182. The number of hydrogen-bond acceptors (Lipinski definition) is 2. The lowest BCUT2D eigenvalue weighted by molar-refractivity contribution is 0.0836. The summed E-state index contributed by atoms with van der Waals surface area (Å²) in [4.78, 5) is 10.3. The minimum absolute atomic E-state index is 0.0448. The van der Waals surface area contributed by atoms with Crippen LogP contribution in [0.4, 0.5) is 4.39 Å². The lowest BCUT2D eigenvalue weighted by Gasteiger charge is -2.02. The minimum Gasteiger partial charge on any atom is -0.490 e. The molecule has 74 valence electrons. The molecule has 1 aromatic carbocycles. The molecule has 0 amide bonds. The second-order valence-electron chi connectivity index (χ2n) is 2.68. The Hall–Kier alpha value is -1.64. The second-order valence-corrected chi connectivity index (χ2v) is 2.68. The summed E-state index contributed by atoms with van der Waals surface area (Å²) < 4.78 is 17.4. The van der Waals surface area contributed by atoms with Crippen molar-refractivity contribution in [2.24, 2.45) is 0 Å². The average Bonchev–Trinajstić information content (AvgIpc) is 2.19. The zero-order chi connectivity index (χ0) is 10.4. The van der Waals surface area contributed by atoms with E-state index in [-0.39, 0.29) is 5.56 Å². The third-order valence-electron chi connectivity index (χ3n) is 1.66. The van der Waals surface area contributed by atoms with Gasteiger partial charge in [-0.15, -0.1) is 0 Å². The van der Waals surface area contributed by atoms with Gasteiger partial charge in [0.1, 0.15) is 12.4 Å². The van der Waals surface area contributed by atoms with E-state index in [9.17, 15) is 9.18 Å². The van der Waals surface area contributed by atoms with Crippen LogP contribution in [0.3, 0.4) is 0 Å². The quantitative estimate of drug-likeness (QED) is 0.544. The first kappa shape index (κ1) is 10.4. The lowest BCUT2D eigenvalue weighted by Crippen LogP contribution is -1.94. The first-order valence-electron chi connectivity index (χ1n) is 4.28. The molecule has 0 aliphatic carbocycles. The zero-order valence-electron chi connectivity index (χ0n) is 7.87. The van der Waals surface area contributed by atoms with Crippen molar-refractivity contribution in [3.05, 3.63) is 42.0 Å². The van der Waals surface area contributed by atoms with Crippen molar-refractivity contribution < 1.29 is 13.9 Å². The van der Waals surface area contributed by atoms with Gasteiger partial charge in [-0.25, -0.2) is 0 Å². The molecule has 0 unspecified atom stereocenters. The Morgan fingerprint density at radius 3 is 2.57 bits per heavy atom. The van der Waals surface area contributed by atoms with E-state index in [1.807, 2.05) is 19.1 Å². The largest absolute Gasteiger partial charge is 0.490 e. The summed E-state index contributed by atoms with van der Waals surface area (Å²) in [5.41, 5.74) is 0.0448. The number of allylic oxidation sites excluding steroid dienone is 1. The number of halogens is 1. The maximum absolute atomic E-state index is 12.2. The van der Waals surface area contributed by atoms with Crippen molar-refractivity contribution in [1.82, 2.24) is 0 Å². The van der Waals surface area contributed by atoms with E-state index in [0.29, 0.717) is 12.4 Å². The molecule has 0 aromatic heterocycles. The van der Waals surface area contributed by atoms with E-state index in [2.05, 4.69) is 0 Å². The van der Waals surface area contributed by atoms with E-state index in [1.54, 1.807) is 12.1 Å². The topological polar surface area (TPSA) is 26.3 Å². The average molecular weight is 194 g/mol. The summed E-state index contributed by atoms with van der Waals surface area (Å²) in [6.45, 7) is 2.37. The standard InChI is InChI=1S/C11H11FO2/c1-2-3-8-14-10-6-4-9(5-7-10)11(12)13/h2-7H,8H2,1H3/b3-2-. The van der Waals surface area contributed by atoms with Crippen molar-refractivity contribution in [2.45, 2.75) is 6.92 Å². The highest BCUT2D eigenvalue weighted by molar-refractivity contribution is 5.88. The molecule has 1 rings (SSSR count). The Bertz CT molecular complexity index is 328. The molecular weight excluding hydrogens is 183 g/mol. The van der Waals surface area contributed by atoms with Crippen LogP contribution in [0.1, 0.15) is 17.3 Å². The zero-order valence-corrected chi connectivity index (χ0v) is 7.87. The third kappa shape index (κ3) is 3.01. The predicted molar refractivity (Wildman–Crippen MR) is 52.2 cm³/mol. The normalized spacial score (nSPS) is 10.4. The number of carbonyl (C=O) groups excluding carboxylic acids is 1. The van der Waals surface area contributed by atoms with Gasteiger partial charge in [0, 0.05) is 0 Å². The molecule has 0 radical (unpaired) electrons. The fourth-order valence-electron chi connectivity index (χ4n) is 0.923. The first-order chi connectivity index (χ1) is 6.74. The Morgan fingerprint density at radius 2 is 2.07 bits per heavy atom. The highest BCUT2D eigenvalue weighted by Crippen LogP contribution is 2.12. The fourth-order valence-corrected chi connectivity index (χ4v) is 0.923. The molecule has 0 spiro atoms. The third-order valence-corrected chi connectivity index (χ3v) is 1.66. The first-order valence-corrected chi connectivity index (χ1v) is 4.28. The van der Waals surface area contributed by atoms with Gasteiger partial charge in [0.25, 0.3) is 0 Å². The summed E-state index contributed by atoms with van der Waals surface area (Å²) in [7, 11) is 0.